The molecule has 0 spiro atoms. The summed E-state index contributed by atoms with van der Waals surface area (Å²) in [5.74, 6) is 2.06. The van der Waals surface area contributed by atoms with Crippen LogP contribution in [-0.4, -0.2) is 29.1 Å². The van der Waals surface area contributed by atoms with Crippen molar-refractivity contribution in [2.75, 3.05) is 23.3 Å². The SMILES string of the molecule is c1nc(NC2CC2)cc(N2CCCC2)n1. The topological polar surface area (TPSA) is 41.1 Å². The van der Waals surface area contributed by atoms with Gasteiger partial charge in [-0.05, 0) is 25.7 Å². The molecule has 1 aromatic heterocycles. The summed E-state index contributed by atoms with van der Waals surface area (Å²) in [5.41, 5.74) is 0. The van der Waals surface area contributed by atoms with Gasteiger partial charge in [0.25, 0.3) is 0 Å². The summed E-state index contributed by atoms with van der Waals surface area (Å²) >= 11 is 0. The minimum atomic E-state index is 0.659. The van der Waals surface area contributed by atoms with Crippen molar-refractivity contribution < 1.29 is 0 Å². The highest BCUT2D eigenvalue weighted by Gasteiger charge is 2.22. The van der Waals surface area contributed by atoms with Crippen molar-refractivity contribution in [1.82, 2.24) is 9.97 Å². The second kappa shape index (κ2) is 3.68. The summed E-state index contributed by atoms with van der Waals surface area (Å²) in [7, 11) is 0. The van der Waals surface area contributed by atoms with Gasteiger partial charge in [0, 0.05) is 25.2 Å². The average Bonchev–Trinajstić information content (AvgIpc) is 2.91. The lowest BCUT2D eigenvalue weighted by Gasteiger charge is -2.16. The van der Waals surface area contributed by atoms with Crippen LogP contribution in [0.25, 0.3) is 0 Å². The predicted octanol–water partition coefficient (Wildman–Crippen LogP) is 1.65. The summed E-state index contributed by atoms with van der Waals surface area (Å²) in [5, 5.41) is 3.40. The minimum absolute atomic E-state index is 0.659. The Morgan fingerprint density at radius 2 is 2.00 bits per heavy atom. The molecule has 0 amide bonds. The molecular formula is C11H16N4. The maximum Gasteiger partial charge on any atom is 0.134 e. The quantitative estimate of drug-likeness (QED) is 0.812. The van der Waals surface area contributed by atoms with Crippen LogP contribution in [0, 0.1) is 0 Å². The zero-order chi connectivity index (χ0) is 10.1. The fraction of sp³-hybridized carbons (Fsp3) is 0.636. The third-order valence-corrected chi connectivity index (χ3v) is 3.01. The number of hydrogen-bond acceptors (Lipinski definition) is 4. The van der Waals surface area contributed by atoms with Crippen LogP contribution >= 0.6 is 0 Å². The molecule has 2 heterocycles. The van der Waals surface area contributed by atoms with E-state index in [2.05, 4.69) is 26.3 Å². The Balaban J connectivity index is 1.75. The van der Waals surface area contributed by atoms with E-state index in [0.29, 0.717) is 6.04 Å². The number of nitrogens with zero attached hydrogens (tertiary/aromatic N) is 3. The molecule has 1 saturated carbocycles. The fourth-order valence-electron chi connectivity index (χ4n) is 1.98. The molecule has 0 bridgehead atoms. The average molecular weight is 204 g/mol. The van der Waals surface area contributed by atoms with Crippen molar-refractivity contribution in [2.45, 2.75) is 31.7 Å². The van der Waals surface area contributed by atoms with Crippen molar-refractivity contribution >= 4 is 11.6 Å². The molecule has 1 saturated heterocycles. The molecule has 3 rings (SSSR count). The number of nitrogens with one attached hydrogen (secondary N) is 1. The lowest BCUT2D eigenvalue weighted by molar-refractivity contribution is 0.925. The van der Waals surface area contributed by atoms with E-state index in [9.17, 15) is 0 Å². The van der Waals surface area contributed by atoms with Gasteiger partial charge in [-0.15, -0.1) is 0 Å². The Morgan fingerprint density at radius 3 is 2.73 bits per heavy atom. The standard InChI is InChI=1S/C11H16N4/c1-2-6-15(5-1)11-7-10(12-8-13-11)14-9-3-4-9/h7-9H,1-6H2,(H,12,13,14). The summed E-state index contributed by atoms with van der Waals surface area (Å²) < 4.78 is 0. The van der Waals surface area contributed by atoms with Crippen molar-refractivity contribution in [3.8, 4) is 0 Å². The van der Waals surface area contributed by atoms with Crippen LogP contribution in [0.1, 0.15) is 25.7 Å². The number of hydrogen-bond donors (Lipinski definition) is 1. The van der Waals surface area contributed by atoms with Gasteiger partial charge in [-0.2, -0.15) is 0 Å². The monoisotopic (exact) mass is 204 g/mol. The molecule has 4 heteroatoms. The van der Waals surface area contributed by atoms with Gasteiger partial charge in [0.1, 0.15) is 18.0 Å². The van der Waals surface area contributed by atoms with Crippen molar-refractivity contribution in [2.24, 2.45) is 0 Å². The van der Waals surface area contributed by atoms with Crippen LogP contribution in [0.2, 0.25) is 0 Å². The highest BCUT2D eigenvalue weighted by molar-refractivity contribution is 5.49. The lowest BCUT2D eigenvalue weighted by Crippen LogP contribution is -2.19. The number of rotatable bonds is 3. The smallest absolute Gasteiger partial charge is 0.134 e. The molecule has 0 unspecified atom stereocenters. The Hall–Kier alpha value is -1.32. The van der Waals surface area contributed by atoms with E-state index in [0.717, 1.165) is 24.7 Å². The first kappa shape index (κ1) is 8.95. The van der Waals surface area contributed by atoms with Gasteiger partial charge in [0.15, 0.2) is 0 Å². The van der Waals surface area contributed by atoms with Crippen LogP contribution < -0.4 is 10.2 Å². The van der Waals surface area contributed by atoms with Gasteiger partial charge in [-0.3, -0.25) is 0 Å². The maximum absolute atomic E-state index is 4.32. The Kier molecular flexibility index (Phi) is 2.19. The molecular weight excluding hydrogens is 188 g/mol. The normalized spacial score (nSPS) is 20.7. The predicted molar refractivity (Wildman–Crippen MR) is 60.1 cm³/mol. The van der Waals surface area contributed by atoms with Crippen LogP contribution in [0.5, 0.6) is 0 Å². The minimum Gasteiger partial charge on any atom is -0.367 e. The van der Waals surface area contributed by atoms with Gasteiger partial charge < -0.3 is 10.2 Å². The van der Waals surface area contributed by atoms with E-state index >= 15 is 0 Å². The van der Waals surface area contributed by atoms with Crippen molar-refractivity contribution in [1.29, 1.82) is 0 Å². The molecule has 4 nitrogen and oxygen atoms in total. The number of aromatic nitrogens is 2. The lowest BCUT2D eigenvalue weighted by atomic mass is 10.4. The van der Waals surface area contributed by atoms with Crippen LogP contribution in [-0.2, 0) is 0 Å². The van der Waals surface area contributed by atoms with E-state index in [1.54, 1.807) is 6.33 Å². The third-order valence-electron chi connectivity index (χ3n) is 3.01. The number of anilines is 2. The molecule has 2 aliphatic rings. The highest BCUT2D eigenvalue weighted by Crippen LogP contribution is 2.25. The molecule has 1 aliphatic carbocycles. The van der Waals surface area contributed by atoms with Gasteiger partial charge in [-0.25, -0.2) is 9.97 Å². The van der Waals surface area contributed by atoms with E-state index in [-0.39, 0.29) is 0 Å². The third kappa shape index (κ3) is 2.03. The molecule has 1 aromatic rings. The fourth-order valence-corrected chi connectivity index (χ4v) is 1.98. The molecule has 0 aromatic carbocycles. The van der Waals surface area contributed by atoms with Gasteiger partial charge in [0.05, 0.1) is 0 Å². The van der Waals surface area contributed by atoms with E-state index in [1.165, 1.54) is 25.7 Å². The maximum atomic E-state index is 4.32. The highest BCUT2D eigenvalue weighted by atomic mass is 15.2. The second-order valence-corrected chi connectivity index (χ2v) is 4.37. The summed E-state index contributed by atoms with van der Waals surface area (Å²) in [6, 6.07) is 2.73. The first-order valence-corrected chi connectivity index (χ1v) is 5.75. The zero-order valence-electron chi connectivity index (χ0n) is 8.82. The Bertz CT molecular complexity index is 342. The zero-order valence-corrected chi connectivity index (χ0v) is 8.82. The second-order valence-electron chi connectivity index (χ2n) is 4.37. The summed E-state index contributed by atoms with van der Waals surface area (Å²) in [6.07, 6.45) is 6.80. The van der Waals surface area contributed by atoms with Crippen LogP contribution in [0.4, 0.5) is 11.6 Å². The largest absolute Gasteiger partial charge is 0.367 e. The van der Waals surface area contributed by atoms with Gasteiger partial charge in [-0.1, -0.05) is 0 Å². The molecule has 0 radical (unpaired) electrons. The van der Waals surface area contributed by atoms with Crippen LogP contribution in [0.15, 0.2) is 12.4 Å². The van der Waals surface area contributed by atoms with Crippen molar-refractivity contribution in [3.05, 3.63) is 12.4 Å². The summed E-state index contributed by atoms with van der Waals surface area (Å²) in [6.45, 7) is 2.28. The van der Waals surface area contributed by atoms with E-state index < -0.39 is 0 Å². The van der Waals surface area contributed by atoms with Crippen LogP contribution in [0.3, 0.4) is 0 Å². The summed E-state index contributed by atoms with van der Waals surface area (Å²) in [4.78, 5) is 10.9. The van der Waals surface area contributed by atoms with E-state index in [4.69, 9.17) is 0 Å². The Labute approximate surface area is 89.7 Å². The molecule has 2 fully saturated rings. The molecule has 1 aliphatic heterocycles. The Morgan fingerprint density at radius 1 is 1.20 bits per heavy atom. The molecule has 1 N–H and O–H groups in total. The first-order chi connectivity index (χ1) is 7.42. The van der Waals surface area contributed by atoms with Crippen molar-refractivity contribution in [3.63, 3.8) is 0 Å². The molecule has 80 valence electrons. The molecule has 15 heavy (non-hydrogen) atoms. The van der Waals surface area contributed by atoms with E-state index in [1.807, 2.05) is 0 Å². The molecule has 0 atom stereocenters. The van der Waals surface area contributed by atoms with Gasteiger partial charge >= 0.3 is 0 Å². The van der Waals surface area contributed by atoms with Gasteiger partial charge in [0.2, 0.25) is 0 Å². The first-order valence-electron chi connectivity index (χ1n) is 5.75.